The molecule has 1 aromatic rings. The normalized spacial score (nSPS) is 14.3. The Hall–Kier alpha value is -1.37. The van der Waals surface area contributed by atoms with Crippen LogP contribution in [0.4, 0.5) is 0 Å². The molecular formula is C11H13N. The first-order chi connectivity index (χ1) is 5.79. The first-order valence-electron chi connectivity index (χ1n) is 4.00. The maximum atomic E-state index is 4.24. The maximum Gasteiger partial charge on any atom is 0.0661 e. The Balaban J connectivity index is 3.65. The van der Waals surface area contributed by atoms with E-state index in [1.165, 1.54) is 0 Å². The molecule has 0 aliphatic carbocycles. The summed E-state index contributed by atoms with van der Waals surface area (Å²) >= 11 is 0. The van der Waals surface area contributed by atoms with Crippen LogP contribution in [0, 0.1) is 0 Å². The minimum Gasteiger partial charge on any atom is -0.257 e. The van der Waals surface area contributed by atoms with Gasteiger partial charge in [-0.15, -0.1) is 0 Å². The molecule has 0 saturated heterocycles. The molecule has 0 atom stereocenters. The molecule has 1 heterocycles. The summed E-state index contributed by atoms with van der Waals surface area (Å²) in [4.78, 5) is 4.24. The highest BCUT2D eigenvalue weighted by molar-refractivity contribution is 5.52. The van der Waals surface area contributed by atoms with Crippen LogP contribution in [-0.4, -0.2) is 4.98 Å². The van der Waals surface area contributed by atoms with E-state index in [4.69, 9.17) is 0 Å². The smallest absolute Gasteiger partial charge is 0.0661 e. The van der Waals surface area contributed by atoms with Crippen LogP contribution in [0.15, 0.2) is 31.0 Å². The zero-order valence-corrected chi connectivity index (χ0v) is 7.54. The van der Waals surface area contributed by atoms with E-state index in [0.29, 0.717) is 0 Å². The van der Waals surface area contributed by atoms with Crippen molar-refractivity contribution in [1.82, 2.24) is 4.98 Å². The van der Waals surface area contributed by atoms with E-state index in [9.17, 15) is 0 Å². The van der Waals surface area contributed by atoms with Crippen molar-refractivity contribution in [3.63, 3.8) is 0 Å². The second-order valence-corrected chi connectivity index (χ2v) is 2.61. The molecule has 0 aromatic carbocycles. The van der Waals surface area contributed by atoms with Crippen molar-refractivity contribution in [2.45, 2.75) is 13.8 Å². The topological polar surface area (TPSA) is 12.9 Å². The number of aromatic nitrogens is 1. The second kappa shape index (κ2) is 3.86. The van der Waals surface area contributed by atoms with Crippen LogP contribution in [-0.2, 0) is 0 Å². The number of nitrogens with zero attached hydrogens (tertiary/aromatic N) is 1. The molecule has 0 amide bonds. The predicted molar refractivity (Wildman–Crippen MR) is 52.9 cm³/mol. The van der Waals surface area contributed by atoms with Gasteiger partial charge in [-0.2, -0.15) is 0 Å². The van der Waals surface area contributed by atoms with Crippen LogP contribution in [0.25, 0.3) is 11.6 Å². The van der Waals surface area contributed by atoms with Gasteiger partial charge in [-0.3, -0.25) is 4.98 Å². The average molecular weight is 159 g/mol. The van der Waals surface area contributed by atoms with E-state index >= 15 is 0 Å². The number of allylic oxidation sites excluding steroid dienone is 1. The molecule has 0 saturated carbocycles. The lowest BCUT2D eigenvalue weighted by atomic mass is 10.2. The fourth-order valence-electron chi connectivity index (χ4n) is 1.09. The molecule has 1 rings (SSSR count). The van der Waals surface area contributed by atoms with Gasteiger partial charge in [0.05, 0.1) is 5.35 Å². The summed E-state index contributed by atoms with van der Waals surface area (Å²) in [5.74, 6) is 0. The van der Waals surface area contributed by atoms with Gasteiger partial charge in [-0.1, -0.05) is 24.8 Å². The van der Waals surface area contributed by atoms with Crippen molar-refractivity contribution in [3.8, 4) is 0 Å². The Kier molecular flexibility index (Phi) is 2.81. The lowest BCUT2D eigenvalue weighted by molar-refractivity contribution is 1.21. The Bertz CT molecular complexity index is 388. The van der Waals surface area contributed by atoms with Gasteiger partial charge >= 0.3 is 0 Å². The fourth-order valence-corrected chi connectivity index (χ4v) is 1.09. The number of hydrogen-bond acceptors (Lipinski definition) is 1. The minimum absolute atomic E-state index is 1.02. The van der Waals surface area contributed by atoms with Gasteiger partial charge in [-0.25, -0.2) is 0 Å². The summed E-state index contributed by atoms with van der Waals surface area (Å²) in [5, 5.41) is 2.19. The van der Waals surface area contributed by atoms with E-state index < -0.39 is 0 Å². The zero-order valence-electron chi connectivity index (χ0n) is 7.54. The number of hydrogen-bond donors (Lipinski definition) is 0. The lowest BCUT2D eigenvalue weighted by Crippen LogP contribution is -2.28. The molecule has 0 unspecified atom stereocenters. The second-order valence-electron chi connectivity index (χ2n) is 2.61. The first kappa shape index (κ1) is 8.72. The third-order valence-electron chi connectivity index (χ3n) is 1.84. The summed E-state index contributed by atoms with van der Waals surface area (Å²) in [5.41, 5.74) is 1.16. The molecule has 0 aliphatic heterocycles. The van der Waals surface area contributed by atoms with Gasteiger partial charge in [0, 0.05) is 11.4 Å². The monoisotopic (exact) mass is 159 g/mol. The summed E-state index contributed by atoms with van der Waals surface area (Å²) in [6.07, 6.45) is 5.65. The molecule has 62 valence electrons. The summed E-state index contributed by atoms with van der Waals surface area (Å²) < 4.78 is 0. The standard InChI is InChI=1S/C11H13N/c1-4-9(3)10-7-6-8-12-11(10)5-2/h4-8H,1H2,2-3H3/b10-9-,11-5+. The number of pyridine rings is 1. The SMILES string of the molecule is C=C/C(C)=c1/cccn/c1=C/C. The summed E-state index contributed by atoms with van der Waals surface area (Å²) in [6, 6.07) is 3.99. The molecule has 1 nitrogen and oxygen atoms in total. The van der Waals surface area contributed by atoms with E-state index in [0.717, 1.165) is 16.1 Å². The first-order valence-corrected chi connectivity index (χ1v) is 4.00. The summed E-state index contributed by atoms with van der Waals surface area (Å²) in [7, 11) is 0. The van der Waals surface area contributed by atoms with Gasteiger partial charge in [0.1, 0.15) is 0 Å². The van der Waals surface area contributed by atoms with Crippen LogP contribution in [0.5, 0.6) is 0 Å². The molecule has 12 heavy (non-hydrogen) atoms. The Labute approximate surface area is 72.8 Å². The van der Waals surface area contributed by atoms with Crippen molar-refractivity contribution < 1.29 is 0 Å². The van der Waals surface area contributed by atoms with Crippen molar-refractivity contribution in [1.29, 1.82) is 0 Å². The molecule has 0 radical (unpaired) electrons. The molecule has 0 spiro atoms. The highest BCUT2D eigenvalue weighted by atomic mass is 14.6. The van der Waals surface area contributed by atoms with E-state index in [2.05, 4.69) is 17.6 Å². The largest absolute Gasteiger partial charge is 0.257 e. The molecular weight excluding hydrogens is 146 g/mol. The average Bonchev–Trinajstić information content (AvgIpc) is 2.16. The molecule has 0 bridgehead atoms. The predicted octanol–water partition coefficient (Wildman–Crippen LogP) is 1.24. The highest BCUT2D eigenvalue weighted by Gasteiger charge is 1.86. The minimum atomic E-state index is 1.02. The van der Waals surface area contributed by atoms with Crippen molar-refractivity contribution in [2.75, 3.05) is 0 Å². The number of rotatable bonds is 1. The van der Waals surface area contributed by atoms with Crippen LogP contribution in [0.3, 0.4) is 0 Å². The van der Waals surface area contributed by atoms with Crippen molar-refractivity contribution in [2.24, 2.45) is 0 Å². The Morgan fingerprint density at radius 1 is 1.58 bits per heavy atom. The van der Waals surface area contributed by atoms with Crippen LogP contribution >= 0.6 is 0 Å². The highest BCUT2D eigenvalue weighted by Crippen LogP contribution is 1.86. The molecule has 0 fully saturated rings. The van der Waals surface area contributed by atoms with Gasteiger partial charge < -0.3 is 0 Å². The van der Waals surface area contributed by atoms with Crippen molar-refractivity contribution >= 4 is 11.6 Å². The molecule has 0 N–H and O–H groups in total. The van der Waals surface area contributed by atoms with Crippen LogP contribution in [0.1, 0.15) is 13.8 Å². The van der Waals surface area contributed by atoms with Crippen LogP contribution in [0.2, 0.25) is 0 Å². The van der Waals surface area contributed by atoms with E-state index in [-0.39, 0.29) is 0 Å². The van der Waals surface area contributed by atoms with E-state index in [1.54, 1.807) is 6.20 Å². The third-order valence-corrected chi connectivity index (χ3v) is 1.84. The third kappa shape index (κ3) is 1.62. The molecule has 0 aliphatic rings. The van der Waals surface area contributed by atoms with Crippen LogP contribution < -0.4 is 10.6 Å². The quantitative estimate of drug-likeness (QED) is 0.600. The lowest BCUT2D eigenvalue weighted by Gasteiger charge is -1.92. The maximum absolute atomic E-state index is 4.24. The van der Waals surface area contributed by atoms with Gasteiger partial charge in [-0.05, 0) is 25.5 Å². The van der Waals surface area contributed by atoms with Gasteiger partial charge in [0.15, 0.2) is 0 Å². The Morgan fingerprint density at radius 2 is 2.33 bits per heavy atom. The Morgan fingerprint density at radius 3 is 2.92 bits per heavy atom. The van der Waals surface area contributed by atoms with Gasteiger partial charge in [0.2, 0.25) is 0 Å². The molecule has 1 heteroatoms. The van der Waals surface area contributed by atoms with Crippen molar-refractivity contribution in [3.05, 3.63) is 41.6 Å². The van der Waals surface area contributed by atoms with Gasteiger partial charge in [0.25, 0.3) is 0 Å². The molecule has 1 aromatic heterocycles. The zero-order chi connectivity index (χ0) is 8.97. The van der Waals surface area contributed by atoms with E-state index in [1.807, 2.05) is 32.1 Å². The summed E-state index contributed by atoms with van der Waals surface area (Å²) in [6.45, 7) is 7.76. The fraction of sp³-hybridized carbons (Fsp3) is 0.182.